The summed E-state index contributed by atoms with van der Waals surface area (Å²) in [6, 6.07) is 0. The van der Waals surface area contributed by atoms with E-state index in [0.29, 0.717) is 30.6 Å². The average molecular weight is 286 g/mol. The van der Waals surface area contributed by atoms with Gasteiger partial charge < -0.3 is 5.11 Å². The van der Waals surface area contributed by atoms with Crippen LogP contribution in [-0.2, 0) is 4.79 Å². The number of carbonyl (C=O) groups is 1. The highest BCUT2D eigenvalue weighted by molar-refractivity contribution is 5.92. The lowest BCUT2D eigenvalue weighted by Gasteiger charge is -2.53. The fraction of sp³-hybridized carbons (Fsp3) is 0.737. The Morgan fingerprint density at radius 1 is 1.29 bits per heavy atom. The van der Waals surface area contributed by atoms with Crippen LogP contribution in [0.25, 0.3) is 0 Å². The average Bonchev–Trinajstić information content (AvgIpc) is 2.92. The van der Waals surface area contributed by atoms with Crippen LogP contribution in [0.3, 0.4) is 0 Å². The van der Waals surface area contributed by atoms with Gasteiger partial charge in [-0.1, -0.05) is 30.6 Å². The van der Waals surface area contributed by atoms with E-state index in [2.05, 4.69) is 13.0 Å². The summed E-state index contributed by atoms with van der Waals surface area (Å²) in [6.45, 7) is 2.72. The van der Waals surface area contributed by atoms with Crippen molar-refractivity contribution in [2.24, 2.45) is 22.7 Å². The van der Waals surface area contributed by atoms with Crippen LogP contribution in [0.5, 0.6) is 0 Å². The molecule has 0 amide bonds. The molecular formula is C19H26O2. The van der Waals surface area contributed by atoms with Gasteiger partial charge in [0, 0.05) is 23.9 Å². The lowest BCUT2D eigenvalue weighted by Crippen LogP contribution is -2.45. The predicted molar refractivity (Wildman–Crippen MR) is 82.7 cm³/mol. The molecule has 0 aliphatic heterocycles. The second kappa shape index (κ2) is 4.55. The summed E-state index contributed by atoms with van der Waals surface area (Å²) < 4.78 is 0. The minimum absolute atomic E-state index is 0.140. The Balaban J connectivity index is 1.76. The van der Waals surface area contributed by atoms with Gasteiger partial charge in [0.2, 0.25) is 0 Å². The molecule has 4 atom stereocenters. The molecule has 0 aromatic rings. The van der Waals surface area contributed by atoms with E-state index in [1.807, 2.05) is 6.08 Å². The van der Waals surface area contributed by atoms with Gasteiger partial charge >= 0.3 is 0 Å². The van der Waals surface area contributed by atoms with Crippen LogP contribution in [0.2, 0.25) is 0 Å². The van der Waals surface area contributed by atoms with Crippen LogP contribution < -0.4 is 0 Å². The molecule has 2 saturated carbocycles. The topological polar surface area (TPSA) is 37.3 Å². The van der Waals surface area contributed by atoms with Gasteiger partial charge in [0.15, 0.2) is 5.78 Å². The quantitative estimate of drug-likeness (QED) is 0.744. The van der Waals surface area contributed by atoms with Gasteiger partial charge in [0.1, 0.15) is 0 Å². The van der Waals surface area contributed by atoms with Crippen LogP contribution in [0.15, 0.2) is 23.3 Å². The van der Waals surface area contributed by atoms with Gasteiger partial charge in [-0.2, -0.15) is 0 Å². The Bertz CT molecular complexity index is 544. The van der Waals surface area contributed by atoms with Crippen LogP contribution >= 0.6 is 0 Å². The van der Waals surface area contributed by atoms with Gasteiger partial charge in [-0.05, 0) is 56.4 Å². The first-order valence-electron chi connectivity index (χ1n) is 8.64. The lowest BCUT2D eigenvalue weighted by atomic mass is 9.52. The van der Waals surface area contributed by atoms with Gasteiger partial charge in [0.25, 0.3) is 0 Å². The Morgan fingerprint density at radius 3 is 2.95 bits per heavy atom. The zero-order valence-electron chi connectivity index (χ0n) is 13.0. The van der Waals surface area contributed by atoms with E-state index in [1.165, 1.54) is 31.3 Å². The maximum absolute atomic E-state index is 11.8. The minimum Gasteiger partial charge on any atom is -0.396 e. The van der Waals surface area contributed by atoms with Crippen molar-refractivity contribution in [3.8, 4) is 0 Å². The highest BCUT2D eigenvalue weighted by Crippen LogP contribution is 2.62. The van der Waals surface area contributed by atoms with Crippen molar-refractivity contribution in [1.82, 2.24) is 0 Å². The maximum Gasteiger partial charge on any atom is 0.155 e. The Hall–Kier alpha value is -0.890. The second-order valence-electron chi connectivity index (χ2n) is 8.00. The first-order valence-corrected chi connectivity index (χ1v) is 8.64. The molecule has 1 N–H and O–H groups in total. The number of rotatable bonds is 1. The summed E-state index contributed by atoms with van der Waals surface area (Å²) in [6.07, 6.45) is 13.2. The van der Waals surface area contributed by atoms with Crippen LogP contribution in [-0.4, -0.2) is 17.5 Å². The molecule has 21 heavy (non-hydrogen) atoms. The molecule has 0 saturated heterocycles. The SMILES string of the molecule is C[C@]12CCC(=O)C=C1CC[C@@H]1C2=CC[C@]2(CO)CCC[C@@H]12. The highest BCUT2D eigenvalue weighted by Gasteiger charge is 2.53. The predicted octanol–water partition coefficient (Wildman–Crippen LogP) is 3.80. The molecule has 0 bridgehead atoms. The third kappa shape index (κ3) is 1.78. The number of allylic oxidation sites excluding steroid dienone is 4. The van der Waals surface area contributed by atoms with Gasteiger partial charge in [-0.3, -0.25) is 4.79 Å². The molecule has 0 heterocycles. The van der Waals surface area contributed by atoms with Crippen LogP contribution in [0.1, 0.15) is 58.3 Å². The monoisotopic (exact) mass is 286 g/mol. The largest absolute Gasteiger partial charge is 0.396 e. The van der Waals surface area contributed by atoms with Gasteiger partial charge in [-0.15, -0.1) is 0 Å². The van der Waals surface area contributed by atoms with Crippen molar-refractivity contribution >= 4 is 5.78 Å². The molecule has 114 valence electrons. The fourth-order valence-electron chi connectivity index (χ4n) is 5.93. The number of aliphatic hydroxyl groups excluding tert-OH is 1. The Kier molecular flexibility index (Phi) is 2.98. The molecule has 2 heteroatoms. The molecule has 2 nitrogen and oxygen atoms in total. The van der Waals surface area contributed by atoms with Crippen LogP contribution in [0.4, 0.5) is 0 Å². The first-order chi connectivity index (χ1) is 10.1. The molecule has 4 rings (SSSR count). The summed E-state index contributed by atoms with van der Waals surface area (Å²) >= 11 is 0. The standard InChI is InChI=1S/C19H26O2/c1-18-9-6-14(21)11-13(18)4-5-15-16(18)7-10-19(12-20)8-2-3-17(15)19/h7,11,15,17,20H,2-6,8-10,12H2,1H3/t15-,17+,18+,19+/m1/s1. The zero-order chi connectivity index (χ0) is 14.7. The normalized spacial score (nSPS) is 45.3. The Labute approximate surface area is 127 Å². The van der Waals surface area contributed by atoms with E-state index in [4.69, 9.17) is 0 Å². The summed E-state index contributed by atoms with van der Waals surface area (Å²) in [4.78, 5) is 11.8. The molecule has 4 aliphatic rings. The molecule has 0 spiro atoms. The third-order valence-corrected chi connectivity index (χ3v) is 7.18. The van der Waals surface area contributed by atoms with Crippen molar-refractivity contribution < 1.29 is 9.90 Å². The van der Waals surface area contributed by atoms with Crippen molar-refractivity contribution in [2.45, 2.75) is 58.3 Å². The number of aliphatic hydroxyl groups is 1. The summed E-state index contributed by atoms with van der Waals surface area (Å²) in [5.41, 5.74) is 3.32. The van der Waals surface area contributed by atoms with Crippen molar-refractivity contribution in [3.63, 3.8) is 0 Å². The van der Waals surface area contributed by atoms with E-state index >= 15 is 0 Å². The molecule has 0 aromatic carbocycles. The number of fused-ring (bicyclic) bond motifs is 5. The molecule has 4 aliphatic carbocycles. The summed E-state index contributed by atoms with van der Waals surface area (Å²) in [5.74, 6) is 1.66. The van der Waals surface area contributed by atoms with E-state index < -0.39 is 0 Å². The molecular weight excluding hydrogens is 260 g/mol. The van der Waals surface area contributed by atoms with E-state index in [-0.39, 0.29) is 10.8 Å². The maximum atomic E-state index is 11.8. The molecule has 2 fully saturated rings. The second-order valence-corrected chi connectivity index (χ2v) is 8.00. The number of ketones is 1. The van der Waals surface area contributed by atoms with E-state index in [9.17, 15) is 9.90 Å². The Morgan fingerprint density at radius 2 is 2.14 bits per heavy atom. The highest BCUT2D eigenvalue weighted by atomic mass is 16.3. The summed E-state index contributed by atoms with van der Waals surface area (Å²) in [7, 11) is 0. The molecule has 0 radical (unpaired) electrons. The number of hydrogen-bond donors (Lipinski definition) is 1. The van der Waals surface area contributed by atoms with Crippen molar-refractivity contribution in [2.75, 3.05) is 6.61 Å². The summed E-state index contributed by atoms with van der Waals surface area (Å²) in [5, 5.41) is 9.99. The third-order valence-electron chi connectivity index (χ3n) is 7.18. The molecule has 0 aromatic heterocycles. The minimum atomic E-state index is 0.140. The number of carbonyl (C=O) groups excluding carboxylic acids is 1. The smallest absolute Gasteiger partial charge is 0.155 e. The van der Waals surface area contributed by atoms with Crippen molar-refractivity contribution in [3.05, 3.63) is 23.3 Å². The zero-order valence-corrected chi connectivity index (χ0v) is 13.0. The number of hydrogen-bond acceptors (Lipinski definition) is 2. The van der Waals surface area contributed by atoms with Crippen molar-refractivity contribution in [1.29, 1.82) is 0 Å². The van der Waals surface area contributed by atoms with Gasteiger partial charge in [0.05, 0.1) is 0 Å². The fourth-order valence-corrected chi connectivity index (χ4v) is 5.93. The van der Waals surface area contributed by atoms with Crippen LogP contribution in [0, 0.1) is 22.7 Å². The lowest BCUT2D eigenvalue weighted by molar-refractivity contribution is -0.115. The first kappa shape index (κ1) is 13.8. The van der Waals surface area contributed by atoms with Gasteiger partial charge in [-0.25, -0.2) is 0 Å². The van der Waals surface area contributed by atoms with E-state index in [0.717, 1.165) is 19.3 Å². The molecule has 0 unspecified atom stereocenters. The van der Waals surface area contributed by atoms with E-state index in [1.54, 1.807) is 5.57 Å².